The molecule has 9 nitrogen and oxygen atoms in total. The lowest BCUT2D eigenvalue weighted by atomic mass is 9.97. The summed E-state index contributed by atoms with van der Waals surface area (Å²) in [6, 6.07) is 12.4. The Kier molecular flexibility index (Phi) is 6.01. The van der Waals surface area contributed by atoms with E-state index >= 15 is 0 Å². The zero-order valence-electron chi connectivity index (χ0n) is 17.0. The first-order chi connectivity index (χ1) is 15.0. The quantitative estimate of drug-likeness (QED) is 0.607. The van der Waals surface area contributed by atoms with Gasteiger partial charge in [-0.05, 0) is 37.1 Å². The number of nitrogens with zero attached hydrogens (tertiary/aromatic N) is 3. The number of sulfonamides is 1. The van der Waals surface area contributed by atoms with Gasteiger partial charge in [-0.25, -0.2) is 8.42 Å². The summed E-state index contributed by atoms with van der Waals surface area (Å²) in [5.41, 5.74) is 1.57. The van der Waals surface area contributed by atoms with Crippen LogP contribution >= 0.6 is 0 Å². The summed E-state index contributed by atoms with van der Waals surface area (Å²) >= 11 is 0. The lowest BCUT2D eigenvalue weighted by Gasteiger charge is -2.30. The van der Waals surface area contributed by atoms with Gasteiger partial charge in [0.05, 0.1) is 12.8 Å². The molecule has 0 spiro atoms. The monoisotopic (exact) mass is 441 g/mol. The number of aromatic amines is 1. The third kappa shape index (κ3) is 4.44. The maximum atomic E-state index is 12.7. The molecule has 0 atom stereocenters. The van der Waals surface area contributed by atoms with Crippen LogP contribution in [-0.4, -0.2) is 54.0 Å². The van der Waals surface area contributed by atoms with Gasteiger partial charge in [0.1, 0.15) is 10.6 Å². The second-order valence-electron chi connectivity index (χ2n) is 7.22. The number of anilines is 1. The predicted octanol–water partition coefficient (Wildman–Crippen LogP) is 2.52. The fraction of sp³-hybridized carbons (Fsp3) is 0.286. The van der Waals surface area contributed by atoms with Gasteiger partial charge in [0, 0.05) is 43.0 Å². The van der Waals surface area contributed by atoms with E-state index in [4.69, 9.17) is 4.74 Å². The molecule has 0 bridgehead atoms. The topological polar surface area (TPSA) is 117 Å². The molecule has 10 heteroatoms. The summed E-state index contributed by atoms with van der Waals surface area (Å²) in [6.07, 6.45) is 3.75. The molecule has 3 aromatic rings. The van der Waals surface area contributed by atoms with Crippen LogP contribution in [0, 0.1) is 5.92 Å². The number of hydrogen-bond acceptors (Lipinski definition) is 6. The molecule has 0 unspecified atom stereocenters. The first kappa shape index (κ1) is 21.0. The third-order valence-corrected chi connectivity index (χ3v) is 7.21. The molecule has 1 aromatic carbocycles. The van der Waals surface area contributed by atoms with Crippen molar-refractivity contribution in [2.24, 2.45) is 5.92 Å². The number of hydrogen-bond donors (Lipinski definition) is 2. The van der Waals surface area contributed by atoms with E-state index < -0.39 is 10.0 Å². The van der Waals surface area contributed by atoms with Crippen molar-refractivity contribution in [1.29, 1.82) is 0 Å². The van der Waals surface area contributed by atoms with Crippen molar-refractivity contribution < 1.29 is 17.9 Å². The van der Waals surface area contributed by atoms with E-state index in [0.29, 0.717) is 24.4 Å². The van der Waals surface area contributed by atoms with Gasteiger partial charge in [-0.3, -0.25) is 14.9 Å². The number of carbonyl (C=O) groups excluding carboxylic acids is 1. The van der Waals surface area contributed by atoms with Gasteiger partial charge < -0.3 is 10.1 Å². The maximum Gasteiger partial charge on any atom is 0.244 e. The van der Waals surface area contributed by atoms with E-state index in [1.165, 1.54) is 22.8 Å². The van der Waals surface area contributed by atoms with Crippen molar-refractivity contribution in [2.45, 2.75) is 17.7 Å². The largest absolute Gasteiger partial charge is 0.496 e. The Morgan fingerprint density at radius 2 is 1.97 bits per heavy atom. The van der Waals surface area contributed by atoms with Crippen LogP contribution in [0.5, 0.6) is 5.75 Å². The number of nitrogens with one attached hydrogen (secondary N) is 2. The highest BCUT2D eigenvalue weighted by molar-refractivity contribution is 7.89. The molecular weight excluding hydrogens is 418 g/mol. The molecule has 2 aromatic heterocycles. The third-order valence-electron chi connectivity index (χ3n) is 5.32. The van der Waals surface area contributed by atoms with Gasteiger partial charge in [0.15, 0.2) is 5.82 Å². The van der Waals surface area contributed by atoms with Crippen molar-refractivity contribution >= 4 is 21.7 Å². The normalized spacial score (nSPS) is 15.5. The Balaban J connectivity index is 1.37. The predicted molar refractivity (Wildman–Crippen MR) is 115 cm³/mol. The van der Waals surface area contributed by atoms with E-state index in [1.807, 2.05) is 24.3 Å². The SMILES string of the molecule is COc1ccccc1-c1cc(NC(=O)C2CCN(S(=O)(=O)c3cccnc3)CC2)n[nH]1. The van der Waals surface area contributed by atoms with Crippen LogP contribution in [-0.2, 0) is 14.8 Å². The van der Waals surface area contributed by atoms with Crippen LogP contribution < -0.4 is 10.1 Å². The Morgan fingerprint density at radius 1 is 1.19 bits per heavy atom. The van der Waals surface area contributed by atoms with Crippen molar-refractivity contribution in [2.75, 3.05) is 25.5 Å². The molecule has 31 heavy (non-hydrogen) atoms. The average molecular weight is 442 g/mol. The zero-order chi connectivity index (χ0) is 21.8. The molecule has 1 aliphatic heterocycles. The summed E-state index contributed by atoms with van der Waals surface area (Å²) in [5.74, 6) is 0.658. The number of aromatic nitrogens is 3. The highest BCUT2D eigenvalue weighted by Gasteiger charge is 2.32. The van der Waals surface area contributed by atoms with E-state index in [2.05, 4.69) is 20.5 Å². The van der Waals surface area contributed by atoms with Crippen molar-refractivity contribution in [3.63, 3.8) is 0 Å². The van der Waals surface area contributed by atoms with Crippen molar-refractivity contribution in [1.82, 2.24) is 19.5 Å². The van der Waals surface area contributed by atoms with Crippen molar-refractivity contribution in [3.05, 3.63) is 54.9 Å². The first-order valence-electron chi connectivity index (χ1n) is 9.89. The lowest BCUT2D eigenvalue weighted by molar-refractivity contribution is -0.120. The zero-order valence-corrected chi connectivity index (χ0v) is 17.8. The molecule has 0 saturated carbocycles. The Morgan fingerprint density at radius 3 is 2.68 bits per heavy atom. The summed E-state index contributed by atoms with van der Waals surface area (Å²) in [6.45, 7) is 0.560. The Labute approximate surface area is 180 Å². The van der Waals surface area contributed by atoms with Crippen LogP contribution in [0.25, 0.3) is 11.3 Å². The van der Waals surface area contributed by atoms with Crippen LogP contribution in [0.1, 0.15) is 12.8 Å². The number of para-hydroxylation sites is 1. The minimum absolute atomic E-state index is 0.165. The van der Waals surface area contributed by atoms with Gasteiger partial charge in [0.25, 0.3) is 0 Å². The molecule has 3 heterocycles. The molecule has 1 saturated heterocycles. The fourth-order valence-corrected chi connectivity index (χ4v) is 5.06. The Hall–Kier alpha value is -3.24. The van der Waals surface area contributed by atoms with Gasteiger partial charge in [-0.15, -0.1) is 0 Å². The Bertz CT molecular complexity index is 1160. The van der Waals surface area contributed by atoms with Crippen LogP contribution in [0.2, 0.25) is 0 Å². The van der Waals surface area contributed by atoms with Gasteiger partial charge in [-0.1, -0.05) is 12.1 Å². The molecule has 1 aliphatic rings. The maximum absolute atomic E-state index is 12.7. The number of carbonyl (C=O) groups is 1. The summed E-state index contributed by atoms with van der Waals surface area (Å²) in [4.78, 5) is 16.7. The van der Waals surface area contributed by atoms with Crippen LogP contribution in [0.15, 0.2) is 59.8 Å². The van der Waals surface area contributed by atoms with Gasteiger partial charge in [0.2, 0.25) is 15.9 Å². The molecule has 1 amide bonds. The smallest absolute Gasteiger partial charge is 0.244 e. The molecule has 0 radical (unpaired) electrons. The number of amides is 1. The van der Waals surface area contributed by atoms with E-state index in [1.54, 1.807) is 19.2 Å². The fourth-order valence-electron chi connectivity index (χ4n) is 3.63. The summed E-state index contributed by atoms with van der Waals surface area (Å²) in [7, 11) is -2.00. The number of ether oxygens (including phenoxy) is 1. The number of pyridine rings is 1. The van der Waals surface area contributed by atoms with E-state index in [9.17, 15) is 13.2 Å². The molecule has 2 N–H and O–H groups in total. The standard InChI is InChI=1S/C21H23N5O4S/c1-30-19-7-3-2-6-17(19)18-13-20(25-24-18)23-21(27)15-8-11-26(12-9-15)31(28,29)16-5-4-10-22-14-16/h2-7,10,13-15H,8-9,11-12H2,1H3,(H2,23,24,25,27). The molecular formula is C21H23N5O4S. The number of benzene rings is 1. The van der Waals surface area contributed by atoms with Crippen LogP contribution in [0.3, 0.4) is 0 Å². The lowest BCUT2D eigenvalue weighted by Crippen LogP contribution is -2.41. The summed E-state index contributed by atoms with van der Waals surface area (Å²) in [5, 5.41) is 9.91. The van der Waals surface area contributed by atoms with E-state index in [0.717, 1.165) is 11.3 Å². The van der Waals surface area contributed by atoms with Gasteiger partial charge >= 0.3 is 0 Å². The molecule has 4 rings (SSSR count). The van der Waals surface area contributed by atoms with Crippen LogP contribution in [0.4, 0.5) is 5.82 Å². The number of rotatable bonds is 6. The minimum atomic E-state index is -3.59. The van der Waals surface area contributed by atoms with Gasteiger partial charge in [-0.2, -0.15) is 9.40 Å². The van der Waals surface area contributed by atoms with Crippen molar-refractivity contribution in [3.8, 4) is 17.0 Å². The minimum Gasteiger partial charge on any atom is -0.496 e. The molecule has 1 fully saturated rings. The van der Waals surface area contributed by atoms with E-state index in [-0.39, 0.29) is 29.8 Å². The highest BCUT2D eigenvalue weighted by Crippen LogP contribution is 2.30. The molecule has 0 aliphatic carbocycles. The second kappa shape index (κ2) is 8.86. The second-order valence-corrected chi connectivity index (χ2v) is 9.16. The number of piperidine rings is 1. The highest BCUT2D eigenvalue weighted by atomic mass is 32.2. The molecule has 162 valence electrons. The number of H-pyrrole nitrogens is 1. The summed E-state index contributed by atoms with van der Waals surface area (Å²) < 4.78 is 32.2. The number of methoxy groups -OCH3 is 1. The first-order valence-corrected chi connectivity index (χ1v) is 11.3. The average Bonchev–Trinajstić information content (AvgIpc) is 3.28.